The molecule has 0 radical (unpaired) electrons. The van der Waals surface area contributed by atoms with Crippen LogP contribution in [0.5, 0.6) is 0 Å². The highest BCUT2D eigenvalue weighted by molar-refractivity contribution is 7.92. The van der Waals surface area contributed by atoms with Crippen LogP contribution in [0.3, 0.4) is 0 Å². The Bertz CT molecular complexity index is 2330. The lowest BCUT2D eigenvalue weighted by atomic mass is 10.0. The highest BCUT2D eigenvalue weighted by atomic mass is 32.2. The van der Waals surface area contributed by atoms with Crippen molar-refractivity contribution in [1.29, 1.82) is 0 Å². The Labute approximate surface area is 250 Å². The summed E-state index contributed by atoms with van der Waals surface area (Å²) in [6.45, 7) is 1.48. The van der Waals surface area contributed by atoms with Crippen molar-refractivity contribution >= 4 is 54.9 Å². The molecule has 1 unspecified atom stereocenters. The van der Waals surface area contributed by atoms with Gasteiger partial charge in [0.25, 0.3) is 5.56 Å². The van der Waals surface area contributed by atoms with Crippen LogP contribution in [-0.2, 0) is 36.5 Å². The molecule has 0 fully saturated rings. The molecule has 0 spiro atoms. The molecule has 1 atom stereocenters. The number of thiazole rings is 1. The van der Waals surface area contributed by atoms with Gasteiger partial charge in [-0.15, -0.1) is 11.3 Å². The van der Waals surface area contributed by atoms with Gasteiger partial charge in [0, 0.05) is 36.0 Å². The molecule has 0 bridgehead atoms. The van der Waals surface area contributed by atoms with Crippen molar-refractivity contribution in [1.82, 2.24) is 19.3 Å². The summed E-state index contributed by atoms with van der Waals surface area (Å²) >= 11 is 1.29. The third-order valence-corrected chi connectivity index (χ3v) is 11.6. The van der Waals surface area contributed by atoms with Crippen LogP contribution in [0.4, 0.5) is 0 Å². The first-order valence-electron chi connectivity index (χ1n) is 13.8. The molecule has 0 saturated carbocycles. The predicted molar refractivity (Wildman–Crippen MR) is 168 cm³/mol. The summed E-state index contributed by atoms with van der Waals surface area (Å²) in [6, 6.07) is 20.2. The molecule has 6 aromatic rings. The zero-order valence-electron chi connectivity index (χ0n) is 23.0. The third kappa shape index (κ3) is 3.95. The van der Waals surface area contributed by atoms with E-state index in [0.29, 0.717) is 46.8 Å². The van der Waals surface area contributed by atoms with Crippen LogP contribution in [0, 0.1) is 0 Å². The molecule has 43 heavy (non-hydrogen) atoms. The van der Waals surface area contributed by atoms with Gasteiger partial charge >= 0.3 is 0 Å². The van der Waals surface area contributed by atoms with Crippen molar-refractivity contribution in [2.45, 2.75) is 29.8 Å². The molecule has 0 amide bonds. The quantitative estimate of drug-likeness (QED) is 0.271. The van der Waals surface area contributed by atoms with Crippen LogP contribution < -0.4 is 5.56 Å². The maximum absolute atomic E-state index is 14.3. The summed E-state index contributed by atoms with van der Waals surface area (Å²) in [7, 11) is -2.10. The molecule has 0 N–H and O–H groups in total. The van der Waals surface area contributed by atoms with E-state index in [1.807, 2.05) is 42.6 Å². The Morgan fingerprint density at radius 1 is 0.907 bits per heavy atom. The molecule has 2 aliphatic heterocycles. The van der Waals surface area contributed by atoms with Crippen molar-refractivity contribution in [3.8, 4) is 0 Å². The van der Waals surface area contributed by atoms with E-state index in [-0.39, 0.29) is 10.5 Å². The lowest BCUT2D eigenvalue weighted by molar-refractivity contribution is 0.589. The first-order valence-corrected chi connectivity index (χ1v) is 16.1. The fourth-order valence-corrected chi connectivity index (χ4v) is 9.41. The van der Waals surface area contributed by atoms with Gasteiger partial charge in [-0.2, -0.15) is 5.10 Å². The fourth-order valence-electron chi connectivity index (χ4n) is 6.11. The van der Waals surface area contributed by atoms with Gasteiger partial charge in [-0.25, -0.2) is 18.1 Å². The van der Waals surface area contributed by atoms with Crippen LogP contribution in [0.2, 0.25) is 0 Å². The van der Waals surface area contributed by atoms with Gasteiger partial charge in [0.1, 0.15) is 15.8 Å². The number of aliphatic imine (C=N–C) groups is 2. The van der Waals surface area contributed by atoms with Gasteiger partial charge in [-0.1, -0.05) is 54.6 Å². The number of aryl methyl sites for hydroxylation is 1. The number of benzene rings is 3. The Kier molecular flexibility index (Phi) is 5.82. The third-order valence-electron chi connectivity index (χ3n) is 8.23. The second-order valence-electron chi connectivity index (χ2n) is 10.7. The number of hydrogen-bond donors (Lipinski definition) is 0. The number of nitrogens with zero attached hydrogens (tertiary/aromatic N) is 6. The van der Waals surface area contributed by atoms with Crippen molar-refractivity contribution in [3.63, 3.8) is 0 Å². The molecule has 0 aliphatic carbocycles. The topological polar surface area (TPSA) is 112 Å². The summed E-state index contributed by atoms with van der Waals surface area (Å²) in [4.78, 5) is 27.6. The highest BCUT2D eigenvalue weighted by Gasteiger charge is 2.36. The summed E-state index contributed by atoms with van der Waals surface area (Å²) in [5.41, 5.74) is 6.40. The van der Waals surface area contributed by atoms with Gasteiger partial charge in [0.05, 0.1) is 35.4 Å². The summed E-state index contributed by atoms with van der Waals surface area (Å²) in [5.74, 6) is 0. The number of aromatic nitrogens is 4. The van der Waals surface area contributed by atoms with E-state index in [9.17, 15) is 13.2 Å². The minimum atomic E-state index is -3.89. The zero-order chi connectivity index (χ0) is 29.3. The molecule has 2 aliphatic rings. The van der Waals surface area contributed by atoms with Crippen molar-refractivity contribution < 1.29 is 8.42 Å². The fraction of sp³-hybridized carbons (Fsp3) is 0.156. The summed E-state index contributed by atoms with van der Waals surface area (Å²) in [5, 5.41) is 4.58. The van der Waals surface area contributed by atoms with Crippen molar-refractivity contribution in [2.75, 3.05) is 0 Å². The van der Waals surface area contributed by atoms with Gasteiger partial charge < -0.3 is 4.57 Å². The molecular formula is C32H24N6O3S2. The lowest BCUT2D eigenvalue weighted by Gasteiger charge is -2.18. The van der Waals surface area contributed by atoms with E-state index in [1.165, 1.54) is 16.0 Å². The molecular weight excluding hydrogens is 581 g/mol. The molecule has 8 rings (SSSR count). The normalized spacial score (nSPS) is 14.5. The molecule has 5 heterocycles. The first kappa shape index (κ1) is 25.9. The largest absolute Gasteiger partial charge is 0.323 e. The Morgan fingerprint density at radius 3 is 2.42 bits per heavy atom. The summed E-state index contributed by atoms with van der Waals surface area (Å²) in [6.07, 6.45) is 5.29. The van der Waals surface area contributed by atoms with Crippen molar-refractivity contribution in [2.24, 2.45) is 17.0 Å². The summed E-state index contributed by atoms with van der Waals surface area (Å²) < 4.78 is 32.5. The molecule has 0 saturated heterocycles. The Hall–Kier alpha value is -4.74. The van der Waals surface area contributed by atoms with Crippen LogP contribution in [0.1, 0.15) is 43.6 Å². The van der Waals surface area contributed by atoms with Gasteiger partial charge in [0.2, 0.25) is 0 Å². The maximum Gasteiger partial charge on any atom is 0.291 e. The van der Waals surface area contributed by atoms with E-state index in [0.717, 1.165) is 32.5 Å². The molecule has 3 aromatic heterocycles. The number of fused-ring (bicyclic) bond motifs is 5. The van der Waals surface area contributed by atoms with E-state index < -0.39 is 15.1 Å². The zero-order valence-corrected chi connectivity index (χ0v) is 24.6. The number of rotatable bonds is 6. The van der Waals surface area contributed by atoms with E-state index in [4.69, 9.17) is 4.98 Å². The predicted octanol–water partition coefficient (Wildman–Crippen LogP) is 4.82. The van der Waals surface area contributed by atoms with Gasteiger partial charge in [-0.3, -0.25) is 14.8 Å². The Morgan fingerprint density at radius 2 is 1.63 bits per heavy atom. The van der Waals surface area contributed by atoms with Crippen LogP contribution in [0.15, 0.2) is 92.6 Å². The Balaban J connectivity index is 1.29. The van der Waals surface area contributed by atoms with E-state index in [1.54, 1.807) is 54.4 Å². The minimum absolute atomic E-state index is 0.221. The maximum atomic E-state index is 14.3. The van der Waals surface area contributed by atoms with Crippen molar-refractivity contribution in [3.05, 3.63) is 122 Å². The van der Waals surface area contributed by atoms with Gasteiger partial charge in [-0.05, 0) is 34.4 Å². The van der Waals surface area contributed by atoms with Gasteiger partial charge in [0.15, 0.2) is 15.5 Å². The second kappa shape index (κ2) is 9.65. The molecule has 9 nitrogen and oxygen atoms in total. The van der Waals surface area contributed by atoms with E-state index >= 15 is 0 Å². The highest BCUT2D eigenvalue weighted by Crippen LogP contribution is 2.42. The number of hydrogen-bond acceptors (Lipinski definition) is 8. The average Bonchev–Trinajstić information content (AvgIpc) is 3.81. The van der Waals surface area contributed by atoms with Crippen LogP contribution in [0.25, 0.3) is 21.3 Å². The van der Waals surface area contributed by atoms with Crippen LogP contribution >= 0.6 is 11.3 Å². The SMILES string of the molecule is Cn1c2nc(C(c3cccc4c3C=NC4)S(=O)(=O)c3ccccc3)sc2c2cnn(Cc3cccc4c3C=NC4)c(=O)c21. The number of sulfone groups is 1. The average molecular weight is 605 g/mol. The molecule has 3 aromatic carbocycles. The minimum Gasteiger partial charge on any atom is -0.323 e. The smallest absolute Gasteiger partial charge is 0.291 e. The van der Waals surface area contributed by atoms with Crippen LogP contribution in [-0.4, -0.2) is 40.2 Å². The monoisotopic (exact) mass is 604 g/mol. The molecule has 11 heteroatoms. The second-order valence-corrected chi connectivity index (χ2v) is 13.8. The first-order chi connectivity index (χ1) is 20.9. The van der Waals surface area contributed by atoms with E-state index in [2.05, 4.69) is 15.1 Å². The molecule has 212 valence electrons. The standard InChI is InChI=1S/C32H24N6O3S2/c1-37-27-26(17-35-38(32(27)39)18-21-9-5-7-19-13-33-15-24(19)21)28-30(37)36-31(42-28)29(43(40,41)22-10-3-2-4-11-22)23-12-6-8-20-14-34-16-25(20)23/h2-12,15-17,29H,13-14,18H2,1H3. The lowest BCUT2D eigenvalue weighted by Crippen LogP contribution is -2.25.